The van der Waals surface area contributed by atoms with Crippen molar-refractivity contribution < 1.29 is 22.6 Å². The summed E-state index contributed by atoms with van der Waals surface area (Å²) in [6, 6.07) is 13.0. The van der Waals surface area contributed by atoms with E-state index in [1.165, 1.54) is 12.1 Å². The van der Waals surface area contributed by atoms with Crippen molar-refractivity contribution in [2.75, 3.05) is 25.2 Å². The van der Waals surface area contributed by atoms with Gasteiger partial charge in [0.05, 0.1) is 18.8 Å². The van der Waals surface area contributed by atoms with E-state index in [9.17, 15) is 13.2 Å². The second-order valence-electron chi connectivity index (χ2n) is 5.72. The number of ether oxygens (including phenoxy) is 2. The van der Waals surface area contributed by atoms with Gasteiger partial charge in [-0.1, -0.05) is 24.3 Å². The van der Waals surface area contributed by atoms with E-state index in [0.29, 0.717) is 25.3 Å². The molecular weight excluding hydrogens is 319 g/mol. The summed E-state index contributed by atoms with van der Waals surface area (Å²) in [7, 11) is 1.84. The molecule has 3 rings (SSSR count). The predicted molar refractivity (Wildman–Crippen MR) is 84.6 cm³/mol. The van der Waals surface area contributed by atoms with Gasteiger partial charge in [0.1, 0.15) is 0 Å². The number of benzene rings is 2. The number of rotatable bonds is 4. The lowest BCUT2D eigenvalue weighted by Gasteiger charge is -2.21. The molecule has 0 aromatic heterocycles. The average molecular weight is 337 g/mol. The van der Waals surface area contributed by atoms with Crippen molar-refractivity contribution in [3.05, 3.63) is 65.2 Å². The second kappa shape index (κ2) is 6.83. The van der Waals surface area contributed by atoms with E-state index >= 15 is 0 Å². The van der Waals surface area contributed by atoms with Crippen LogP contribution in [0.15, 0.2) is 48.5 Å². The number of halogens is 3. The molecule has 24 heavy (non-hydrogen) atoms. The third-order valence-electron chi connectivity index (χ3n) is 3.88. The van der Waals surface area contributed by atoms with Crippen molar-refractivity contribution >= 4 is 5.69 Å². The molecule has 6 heteroatoms. The van der Waals surface area contributed by atoms with Gasteiger partial charge in [-0.15, -0.1) is 0 Å². The summed E-state index contributed by atoms with van der Waals surface area (Å²) < 4.78 is 49.4. The quantitative estimate of drug-likeness (QED) is 0.826. The maximum absolute atomic E-state index is 12.8. The SMILES string of the molecule is CN(Cc1cccc(C(F)(F)F)c1)c1cccc(C2OCCO2)c1. The Labute approximate surface area is 138 Å². The van der Waals surface area contributed by atoms with E-state index in [1.807, 2.05) is 36.2 Å². The molecule has 0 saturated carbocycles. The van der Waals surface area contributed by atoms with Crippen molar-refractivity contribution in [2.24, 2.45) is 0 Å². The first-order chi connectivity index (χ1) is 11.4. The van der Waals surface area contributed by atoms with Crippen LogP contribution in [0.1, 0.15) is 23.0 Å². The molecule has 3 nitrogen and oxygen atoms in total. The van der Waals surface area contributed by atoms with Crippen molar-refractivity contribution in [2.45, 2.75) is 19.0 Å². The van der Waals surface area contributed by atoms with Crippen LogP contribution < -0.4 is 4.90 Å². The Morgan fingerprint density at radius 2 is 1.75 bits per heavy atom. The van der Waals surface area contributed by atoms with Crippen molar-refractivity contribution in [3.8, 4) is 0 Å². The Kier molecular flexibility index (Phi) is 4.78. The standard InChI is InChI=1S/C18H18F3NO2/c1-22(12-13-4-2-6-15(10-13)18(19,20)21)16-7-3-5-14(11-16)17-23-8-9-24-17/h2-7,10-11,17H,8-9,12H2,1H3. The van der Waals surface area contributed by atoms with Crippen LogP contribution in [0.25, 0.3) is 0 Å². The highest BCUT2D eigenvalue weighted by atomic mass is 19.4. The van der Waals surface area contributed by atoms with Crippen LogP contribution in [-0.4, -0.2) is 20.3 Å². The zero-order chi connectivity index (χ0) is 17.2. The van der Waals surface area contributed by atoms with Gasteiger partial charge in [0.2, 0.25) is 0 Å². The van der Waals surface area contributed by atoms with Gasteiger partial charge in [-0.05, 0) is 29.8 Å². The maximum atomic E-state index is 12.8. The molecule has 1 aliphatic heterocycles. The van der Waals surface area contributed by atoms with Gasteiger partial charge < -0.3 is 14.4 Å². The Morgan fingerprint density at radius 1 is 1.04 bits per heavy atom. The van der Waals surface area contributed by atoms with Crippen LogP contribution in [0.5, 0.6) is 0 Å². The molecule has 1 fully saturated rings. The number of alkyl halides is 3. The average Bonchev–Trinajstić information content (AvgIpc) is 3.09. The highest BCUT2D eigenvalue weighted by Crippen LogP contribution is 2.30. The predicted octanol–water partition coefficient (Wildman–Crippen LogP) is 4.39. The van der Waals surface area contributed by atoms with Gasteiger partial charge in [-0.25, -0.2) is 0 Å². The molecule has 1 aliphatic rings. The van der Waals surface area contributed by atoms with Crippen LogP contribution in [0.4, 0.5) is 18.9 Å². The van der Waals surface area contributed by atoms with Crippen LogP contribution in [0.2, 0.25) is 0 Å². The lowest BCUT2D eigenvalue weighted by Crippen LogP contribution is -2.17. The van der Waals surface area contributed by atoms with Gasteiger partial charge >= 0.3 is 6.18 Å². The molecule has 0 amide bonds. The highest BCUT2D eigenvalue weighted by Gasteiger charge is 2.30. The first-order valence-electron chi connectivity index (χ1n) is 7.64. The maximum Gasteiger partial charge on any atom is 0.416 e. The van der Waals surface area contributed by atoms with Crippen molar-refractivity contribution in [3.63, 3.8) is 0 Å². The summed E-state index contributed by atoms with van der Waals surface area (Å²) in [5.41, 5.74) is 1.77. The smallest absolute Gasteiger partial charge is 0.370 e. The molecule has 0 radical (unpaired) electrons. The monoisotopic (exact) mass is 337 g/mol. The molecule has 2 aromatic rings. The zero-order valence-corrected chi connectivity index (χ0v) is 13.2. The summed E-state index contributed by atoms with van der Waals surface area (Å²) in [6.45, 7) is 1.50. The van der Waals surface area contributed by atoms with Crippen LogP contribution in [0, 0.1) is 0 Å². The van der Waals surface area contributed by atoms with Gasteiger partial charge in [-0.3, -0.25) is 0 Å². The fourth-order valence-corrected chi connectivity index (χ4v) is 2.67. The number of hydrogen-bond donors (Lipinski definition) is 0. The Bertz CT molecular complexity index is 697. The van der Waals surface area contributed by atoms with Crippen molar-refractivity contribution in [1.29, 1.82) is 0 Å². The normalized spacial score (nSPS) is 15.7. The summed E-state index contributed by atoms with van der Waals surface area (Å²) in [6.07, 6.45) is -4.70. The van der Waals surface area contributed by atoms with E-state index in [2.05, 4.69) is 0 Å². The molecule has 0 aliphatic carbocycles. The molecule has 0 spiro atoms. The second-order valence-corrected chi connectivity index (χ2v) is 5.72. The topological polar surface area (TPSA) is 21.7 Å². The molecule has 0 atom stereocenters. The molecule has 1 saturated heterocycles. The minimum Gasteiger partial charge on any atom is -0.370 e. The minimum absolute atomic E-state index is 0.369. The molecule has 1 heterocycles. The lowest BCUT2D eigenvalue weighted by atomic mass is 10.1. The largest absolute Gasteiger partial charge is 0.416 e. The van der Waals surface area contributed by atoms with E-state index in [0.717, 1.165) is 17.3 Å². The fraction of sp³-hybridized carbons (Fsp3) is 0.333. The highest BCUT2D eigenvalue weighted by molar-refractivity contribution is 5.49. The molecular formula is C18H18F3NO2. The molecule has 0 unspecified atom stereocenters. The summed E-state index contributed by atoms with van der Waals surface area (Å²) in [4.78, 5) is 1.90. The Balaban J connectivity index is 1.75. The van der Waals surface area contributed by atoms with Gasteiger partial charge in [0.25, 0.3) is 0 Å². The Hall–Kier alpha value is -2.05. The van der Waals surface area contributed by atoms with Crippen LogP contribution in [0.3, 0.4) is 0 Å². The summed E-state index contributed by atoms with van der Waals surface area (Å²) in [5, 5.41) is 0. The number of nitrogens with zero attached hydrogens (tertiary/aromatic N) is 1. The van der Waals surface area contributed by atoms with E-state index in [-0.39, 0.29) is 6.29 Å². The van der Waals surface area contributed by atoms with E-state index in [4.69, 9.17) is 9.47 Å². The first-order valence-corrected chi connectivity index (χ1v) is 7.64. The van der Waals surface area contributed by atoms with Crippen LogP contribution >= 0.6 is 0 Å². The molecule has 128 valence electrons. The number of anilines is 1. The third kappa shape index (κ3) is 3.88. The Morgan fingerprint density at radius 3 is 2.46 bits per heavy atom. The summed E-state index contributed by atoms with van der Waals surface area (Å²) in [5.74, 6) is 0. The van der Waals surface area contributed by atoms with Gasteiger partial charge in [-0.2, -0.15) is 13.2 Å². The molecule has 0 N–H and O–H groups in total. The van der Waals surface area contributed by atoms with Crippen LogP contribution in [-0.2, 0) is 22.2 Å². The van der Waals surface area contributed by atoms with E-state index < -0.39 is 11.7 Å². The third-order valence-corrected chi connectivity index (χ3v) is 3.88. The zero-order valence-electron chi connectivity index (χ0n) is 13.2. The summed E-state index contributed by atoms with van der Waals surface area (Å²) >= 11 is 0. The number of hydrogen-bond acceptors (Lipinski definition) is 3. The van der Waals surface area contributed by atoms with Gasteiger partial charge in [0, 0.05) is 24.8 Å². The molecule has 0 bridgehead atoms. The fourth-order valence-electron chi connectivity index (χ4n) is 2.67. The van der Waals surface area contributed by atoms with Gasteiger partial charge in [0.15, 0.2) is 6.29 Å². The first kappa shape index (κ1) is 16.8. The van der Waals surface area contributed by atoms with E-state index in [1.54, 1.807) is 6.07 Å². The lowest BCUT2D eigenvalue weighted by molar-refractivity contribution is -0.137. The van der Waals surface area contributed by atoms with Crippen molar-refractivity contribution in [1.82, 2.24) is 0 Å². The molecule has 2 aromatic carbocycles. The minimum atomic E-state index is -4.33.